The van der Waals surface area contributed by atoms with Crippen LogP contribution < -0.4 is 0 Å². The van der Waals surface area contributed by atoms with Crippen LogP contribution in [0.3, 0.4) is 0 Å². The molecule has 3 heterocycles. The minimum Gasteiger partial charge on any atom is -0.288 e. The van der Waals surface area contributed by atoms with Crippen LogP contribution >= 0.6 is 22.7 Å². The Labute approximate surface area is 123 Å². The molecule has 3 aromatic heterocycles. The van der Waals surface area contributed by atoms with E-state index < -0.39 is 0 Å². The first-order valence-corrected chi connectivity index (χ1v) is 7.88. The zero-order valence-electron chi connectivity index (χ0n) is 10.4. The summed E-state index contributed by atoms with van der Waals surface area (Å²) in [4.78, 5) is 17.8. The molecule has 96 valence electrons. The van der Waals surface area contributed by atoms with E-state index in [1.165, 1.54) is 9.40 Å². The second-order valence-corrected chi connectivity index (χ2v) is 6.50. The lowest BCUT2D eigenvalue weighted by Gasteiger charge is -2.03. The lowest BCUT2D eigenvalue weighted by Crippen LogP contribution is -1.99. The van der Waals surface area contributed by atoms with Crippen molar-refractivity contribution >= 4 is 48.8 Å². The van der Waals surface area contributed by atoms with E-state index in [1.807, 2.05) is 36.4 Å². The van der Waals surface area contributed by atoms with E-state index in [0.29, 0.717) is 0 Å². The van der Waals surface area contributed by atoms with Gasteiger partial charge >= 0.3 is 0 Å². The quantitative estimate of drug-likeness (QED) is 0.500. The zero-order chi connectivity index (χ0) is 13.5. The minimum atomic E-state index is 0.0806. The highest BCUT2D eigenvalue weighted by molar-refractivity contribution is 7.28. The van der Waals surface area contributed by atoms with Crippen LogP contribution in [0.1, 0.15) is 15.2 Å². The van der Waals surface area contributed by atoms with Gasteiger partial charge in [-0.1, -0.05) is 18.2 Å². The van der Waals surface area contributed by atoms with Crippen LogP contribution in [0.2, 0.25) is 0 Å². The summed E-state index contributed by atoms with van der Waals surface area (Å²) in [5, 5.41) is 2.97. The summed E-state index contributed by atoms with van der Waals surface area (Å²) in [5.41, 5.74) is 1.58. The van der Waals surface area contributed by atoms with Gasteiger partial charge in [-0.15, -0.1) is 22.7 Å². The number of benzene rings is 1. The fourth-order valence-electron chi connectivity index (χ4n) is 2.31. The van der Waals surface area contributed by atoms with Crippen molar-refractivity contribution in [1.82, 2.24) is 4.98 Å². The van der Waals surface area contributed by atoms with E-state index in [2.05, 4.69) is 16.4 Å². The SMILES string of the molecule is O=C(c1cc2sccc2s1)c1cccc2ncccc12. The van der Waals surface area contributed by atoms with Gasteiger partial charge < -0.3 is 0 Å². The molecule has 0 N–H and O–H groups in total. The molecule has 4 heteroatoms. The summed E-state index contributed by atoms with van der Waals surface area (Å²) in [6, 6.07) is 13.6. The van der Waals surface area contributed by atoms with Crippen LogP contribution in [0, 0.1) is 0 Å². The van der Waals surface area contributed by atoms with E-state index in [9.17, 15) is 4.79 Å². The van der Waals surface area contributed by atoms with Gasteiger partial charge in [-0.05, 0) is 29.6 Å². The van der Waals surface area contributed by atoms with Crippen molar-refractivity contribution in [2.75, 3.05) is 0 Å². The first-order chi connectivity index (χ1) is 9.83. The number of fused-ring (bicyclic) bond motifs is 2. The lowest BCUT2D eigenvalue weighted by atomic mass is 10.0. The summed E-state index contributed by atoms with van der Waals surface area (Å²) in [6.07, 6.45) is 1.75. The fourth-order valence-corrected chi connectivity index (χ4v) is 4.37. The Morgan fingerprint density at radius 2 is 2.00 bits per heavy atom. The van der Waals surface area contributed by atoms with Gasteiger partial charge in [0.2, 0.25) is 5.78 Å². The molecule has 0 saturated carbocycles. The molecule has 4 rings (SSSR count). The van der Waals surface area contributed by atoms with Crippen molar-refractivity contribution in [2.24, 2.45) is 0 Å². The first kappa shape index (κ1) is 11.8. The monoisotopic (exact) mass is 295 g/mol. The molecule has 0 atom stereocenters. The van der Waals surface area contributed by atoms with E-state index >= 15 is 0 Å². The van der Waals surface area contributed by atoms with Crippen LogP contribution in [-0.2, 0) is 0 Å². The van der Waals surface area contributed by atoms with Gasteiger partial charge in [-0.25, -0.2) is 0 Å². The Morgan fingerprint density at radius 3 is 2.90 bits per heavy atom. The average molecular weight is 295 g/mol. The van der Waals surface area contributed by atoms with E-state index in [1.54, 1.807) is 28.9 Å². The molecule has 0 radical (unpaired) electrons. The molecule has 0 aliphatic carbocycles. The zero-order valence-corrected chi connectivity index (χ0v) is 12.0. The molecule has 0 bridgehead atoms. The molecular weight excluding hydrogens is 286 g/mol. The van der Waals surface area contributed by atoms with Gasteiger partial charge in [0.1, 0.15) is 0 Å². The third-order valence-electron chi connectivity index (χ3n) is 3.25. The van der Waals surface area contributed by atoms with E-state index in [4.69, 9.17) is 0 Å². The molecule has 0 aliphatic heterocycles. The average Bonchev–Trinajstić information content (AvgIpc) is 3.07. The molecule has 0 unspecified atom stereocenters. The number of hydrogen-bond acceptors (Lipinski definition) is 4. The normalized spacial score (nSPS) is 11.2. The van der Waals surface area contributed by atoms with E-state index in [-0.39, 0.29) is 5.78 Å². The summed E-state index contributed by atoms with van der Waals surface area (Å²) in [5.74, 6) is 0.0806. The first-order valence-electron chi connectivity index (χ1n) is 6.18. The van der Waals surface area contributed by atoms with Gasteiger partial charge in [0.15, 0.2) is 0 Å². The van der Waals surface area contributed by atoms with Crippen LogP contribution in [0.15, 0.2) is 54.0 Å². The molecular formula is C16H9NOS2. The maximum absolute atomic E-state index is 12.7. The predicted octanol–water partition coefficient (Wildman–Crippen LogP) is 4.74. The summed E-state index contributed by atoms with van der Waals surface area (Å²) < 4.78 is 2.36. The number of pyridine rings is 1. The van der Waals surface area contributed by atoms with Crippen LogP contribution in [0.25, 0.3) is 20.3 Å². The molecule has 1 aromatic carbocycles. The standard InChI is InChI=1S/C16H9NOS2/c18-16(15-9-14-13(20-15)6-8-19-14)11-3-1-5-12-10(11)4-2-7-17-12/h1-9H. The molecule has 0 aliphatic rings. The van der Waals surface area contributed by atoms with Crippen molar-refractivity contribution in [1.29, 1.82) is 0 Å². The Balaban J connectivity index is 1.90. The maximum Gasteiger partial charge on any atom is 0.203 e. The summed E-state index contributed by atoms with van der Waals surface area (Å²) in [7, 11) is 0. The van der Waals surface area contributed by atoms with Gasteiger partial charge in [0, 0.05) is 26.5 Å². The third-order valence-corrected chi connectivity index (χ3v) is 5.35. The highest BCUT2D eigenvalue weighted by Gasteiger charge is 2.15. The third kappa shape index (κ3) is 1.77. The van der Waals surface area contributed by atoms with Gasteiger partial charge in [-0.3, -0.25) is 9.78 Å². The summed E-state index contributed by atoms with van der Waals surface area (Å²) >= 11 is 3.23. The fraction of sp³-hybridized carbons (Fsp3) is 0. The number of aromatic nitrogens is 1. The van der Waals surface area contributed by atoms with Crippen molar-refractivity contribution < 1.29 is 4.79 Å². The largest absolute Gasteiger partial charge is 0.288 e. The van der Waals surface area contributed by atoms with Crippen molar-refractivity contribution in [3.63, 3.8) is 0 Å². The number of hydrogen-bond donors (Lipinski definition) is 0. The lowest BCUT2D eigenvalue weighted by molar-refractivity contribution is 0.104. The highest BCUT2D eigenvalue weighted by Crippen LogP contribution is 2.32. The molecule has 0 saturated heterocycles. The van der Waals surface area contributed by atoms with Crippen molar-refractivity contribution in [3.05, 3.63) is 64.5 Å². The second-order valence-electron chi connectivity index (χ2n) is 4.46. The van der Waals surface area contributed by atoms with Crippen molar-refractivity contribution in [3.8, 4) is 0 Å². The Bertz CT molecular complexity index is 902. The van der Waals surface area contributed by atoms with Crippen LogP contribution in [0.5, 0.6) is 0 Å². The van der Waals surface area contributed by atoms with Crippen molar-refractivity contribution in [2.45, 2.75) is 0 Å². The highest BCUT2D eigenvalue weighted by atomic mass is 32.1. The number of carbonyl (C=O) groups excluding carboxylic acids is 1. The minimum absolute atomic E-state index is 0.0806. The Kier molecular flexibility index (Phi) is 2.65. The summed E-state index contributed by atoms with van der Waals surface area (Å²) in [6.45, 7) is 0. The second kappa shape index (κ2) is 4.51. The van der Waals surface area contributed by atoms with Gasteiger partial charge in [0.05, 0.1) is 10.4 Å². The molecule has 0 amide bonds. The topological polar surface area (TPSA) is 30.0 Å². The molecule has 0 fully saturated rings. The smallest absolute Gasteiger partial charge is 0.203 e. The Hall–Kier alpha value is -2.04. The molecule has 0 spiro atoms. The number of rotatable bonds is 2. The van der Waals surface area contributed by atoms with Crippen LogP contribution in [0.4, 0.5) is 0 Å². The van der Waals surface area contributed by atoms with Gasteiger partial charge in [-0.2, -0.15) is 0 Å². The number of ketones is 1. The molecule has 20 heavy (non-hydrogen) atoms. The van der Waals surface area contributed by atoms with Gasteiger partial charge in [0.25, 0.3) is 0 Å². The van der Waals surface area contributed by atoms with E-state index in [0.717, 1.165) is 21.3 Å². The maximum atomic E-state index is 12.7. The number of nitrogens with zero attached hydrogens (tertiary/aromatic N) is 1. The molecule has 4 aromatic rings. The van der Waals surface area contributed by atoms with Crippen LogP contribution in [-0.4, -0.2) is 10.8 Å². The predicted molar refractivity (Wildman–Crippen MR) is 84.9 cm³/mol. The number of thiophene rings is 2. The Morgan fingerprint density at radius 1 is 1.05 bits per heavy atom. The number of carbonyl (C=O) groups is 1. The molecule has 2 nitrogen and oxygen atoms in total.